The van der Waals surface area contributed by atoms with E-state index in [2.05, 4.69) is 25.8 Å². The van der Waals surface area contributed by atoms with E-state index >= 15 is 0 Å². The highest BCUT2D eigenvalue weighted by molar-refractivity contribution is 7.86. The Morgan fingerprint density at radius 2 is 1.39 bits per heavy atom. The van der Waals surface area contributed by atoms with E-state index in [0.29, 0.717) is 0 Å². The largest absolute Gasteiger partial charge is 0.404 e. The number of hydrogen-bond donors (Lipinski definition) is 2. The maximum absolute atomic E-state index is 13.8. The van der Waals surface area contributed by atoms with Crippen LogP contribution in [0, 0.1) is 13.8 Å². The summed E-state index contributed by atoms with van der Waals surface area (Å²) in [5, 5.41) is 13.6. The highest BCUT2D eigenvalue weighted by Crippen LogP contribution is 2.43. The van der Waals surface area contributed by atoms with E-state index in [1.807, 2.05) is 97.9 Å². The highest BCUT2D eigenvalue weighted by atomic mass is 32.2. The maximum Gasteiger partial charge on any atom is 0.330 e. The molecule has 0 saturated carbocycles. The Labute approximate surface area is 316 Å². The molecule has 0 radical (unpaired) electrons. The maximum atomic E-state index is 13.8. The number of nitrogens with zero attached hydrogens (tertiary/aromatic N) is 1. The fourth-order valence-corrected chi connectivity index (χ4v) is 12.6. The van der Waals surface area contributed by atoms with E-state index in [-0.39, 0.29) is 23.7 Å². The summed E-state index contributed by atoms with van der Waals surface area (Å²) < 4.78 is 55.1. The summed E-state index contributed by atoms with van der Waals surface area (Å²) in [6.07, 6.45) is -2.98. The molecule has 6 rings (SSSR count). The number of aliphatic hydroxyl groups excluding tert-OH is 1. The molecular weight excluding hydrogens is 725 g/mol. The molecule has 5 aromatic rings. The van der Waals surface area contributed by atoms with E-state index in [4.69, 9.17) is 18.1 Å². The number of nitrogens with one attached hydrogen (secondary N) is 1. The smallest absolute Gasteiger partial charge is 0.330 e. The van der Waals surface area contributed by atoms with Gasteiger partial charge in [0.15, 0.2) is 6.23 Å². The van der Waals surface area contributed by atoms with Crippen molar-refractivity contribution in [1.82, 2.24) is 9.55 Å². The lowest BCUT2D eigenvalue weighted by Crippen LogP contribution is -2.68. The van der Waals surface area contributed by atoms with Gasteiger partial charge in [-0.05, 0) is 47.0 Å². The molecule has 1 saturated heterocycles. The molecule has 1 aromatic heterocycles. The van der Waals surface area contributed by atoms with Gasteiger partial charge in [-0.1, -0.05) is 129 Å². The van der Waals surface area contributed by atoms with Gasteiger partial charge in [0.05, 0.1) is 18.1 Å². The minimum atomic E-state index is -4.38. The van der Waals surface area contributed by atoms with Crippen LogP contribution in [0.2, 0.25) is 5.04 Å². The van der Waals surface area contributed by atoms with Crippen LogP contribution in [-0.2, 0) is 34.8 Å². The summed E-state index contributed by atoms with van der Waals surface area (Å²) in [4.78, 5) is 27.9. The Kier molecular flexibility index (Phi) is 11.4. The zero-order valence-corrected chi connectivity index (χ0v) is 32.8. The van der Waals surface area contributed by atoms with Crippen LogP contribution in [0.15, 0.2) is 136 Å². The quantitative estimate of drug-likeness (QED) is 0.132. The minimum Gasteiger partial charge on any atom is -0.404 e. The predicted octanol–water partition coefficient (Wildman–Crippen LogP) is 4.35. The van der Waals surface area contributed by atoms with Crippen molar-refractivity contribution in [1.29, 1.82) is 0 Å². The average molecular weight is 771 g/mol. The molecule has 1 aliphatic rings. The van der Waals surface area contributed by atoms with Gasteiger partial charge in [-0.25, -0.2) is 4.79 Å². The van der Waals surface area contributed by atoms with Crippen molar-refractivity contribution >= 4 is 28.8 Å². The molecule has 1 fully saturated rings. The van der Waals surface area contributed by atoms with E-state index in [0.717, 1.165) is 26.1 Å². The Balaban J connectivity index is 1.52. The normalized spacial score (nSPS) is 20.6. The predicted molar refractivity (Wildman–Crippen MR) is 208 cm³/mol. The molecule has 4 atom stereocenters. The Bertz CT molecular complexity index is 2220. The molecule has 54 heavy (non-hydrogen) atoms. The number of hydrogen-bond acceptors (Lipinski definition) is 9. The van der Waals surface area contributed by atoms with Crippen LogP contribution in [0.25, 0.3) is 0 Å². The standard InChI is InChI=1S/C41H46N2O9SSi/c1-29-21-23-32(24-22-29)53(47,48)50-27-41(28-51-54(40(3,4)5,33-17-11-7-12-18-33)34-19-13-8-14-20-34)36(49-26-31-15-9-6-10-16-31)35(44)38(52-41)43-25-30(2)37(45)42-39(43)46/h6-25,35-36,38,44H,26-28H2,1-5H3,(H,42,45,46)/t35?,36?,38-,41-/m0/s1. The van der Waals surface area contributed by atoms with Gasteiger partial charge >= 0.3 is 5.69 Å². The monoisotopic (exact) mass is 770 g/mol. The number of ether oxygens (including phenoxy) is 2. The van der Waals surface area contributed by atoms with Crippen LogP contribution >= 0.6 is 0 Å². The summed E-state index contributed by atoms with van der Waals surface area (Å²) in [6.45, 7) is 8.72. The van der Waals surface area contributed by atoms with Crippen molar-refractivity contribution in [3.8, 4) is 0 Å². The third-order valence-corrected chi connectivity index (χ3v) is 16.1. The van der Waals surface area contributed by atoms with E-state index < -0.39 is 65.4 Å². The Hall–Kier alpha value is -4.47. The fourth-order valence-electron chi connectivity index (χ4n) is 7.06. The van der Waals surface area contributed by atoms with Crippen LogP contribution in [0.5, 0.6) is 0 Å². The molecule has 2 unspecified atom stereocenters. The fraction of sp³-hybridized carbons (Fsp3) is 0.317. The Morgan fingerprint density at radius 1 is 0.833 bits per heavy atom. The second-order valence-corrected chi connectivity index (χ2v) is 20.7. The topological polar surface area (TPSA) is 146 Å². The van der Waals surface area contributed by atoms with Gasteiger partial charge in [0.2, 0.25) is 0 Å². The number of benzene rings is 4. The molecule has 0 bridgehead atoms. The first-order chi connectivity index (χ1) is 25.7. The zero-order chi connectivity index (χ0) is 38.7. The molecule has 284 valence electrons. The number of aliphatic hydroxyl groups is 1. The molecule has 0 aliphatic carbocycles. The number of aromatic amines is 1. The molecule has 1 aliphatic heterocycles. The lowest BCUT2D eigenvalue weighted by molar-refractivity contribution is -0.156. The van der Waals surface area contributed by atoms with Crippen LogP contribution in [-0.4, -0.2) is 62.4 Å². The van der Waals surface area contributed by atoms with Gasteiger partial charge < -0.3 is 19.0 Å². The van der Waals surface area contributed by atoms with Gasteiger partial charge in [-0.15, -0.1) is 0 Å². The summed E-state index contributed by atoms with van der Waals surface area (Å²) in [6, 6.07) is 35.3. The van der Waals surface area contributed by atoms with Gasteiger partial charge in [0.1, 0.15) is 24.4 Å². The van der Waals surface area contributed by atoms with Gasteiger partial charge in [-0.2, -0.15) is 8.42 Å². The van der Waals surface area contributed by atoms with Crippen LogP contribution < -0.4 is 21.6 Å². The molecular formula is C41H46N2O9SSi. The average Bonchev–Trinajstić information content (AvgIpc) is 3.43. The van der Waals surface area contributed by atoms with Gasteiger partial charge in [0.25, 0.3) is 24.0 Å². The lowest BCUT2D eigenvalue weighted by atomic mass is 9.96. The summed E-state index contributed by atoms with van der Waals surface area (Å²) >= 11 is 0. The molecule has 4 aromatic carbocycles. The van der Waals surface area contributed by atoms with Gasteiger partial charge in [-0.3, -0.25) is 18.5 Å². The lowest BCUT2D eigenvalue weighted by Gasteiger charge is -2.45. The number of rotatable bonds is 13. The first kappa shape index (κ1) is 39.2. The molecule has 13 heteroatoms. The molecule has 2 heterocycles. The second kappa shape index (κ2) is 15.7. The number of aryl methyl sites for hydroxylation is 2. The summed E-state index contributed by atoms with van der Waals surface area (Å²) in [5.41, 5.74) is -1.40. The molecule has 0 amide bonds. The molecule has 2 N–H and O–H groups in total. The van der Waals surface area contributed by atoms with Crippen molar-refractivity contribution in [2.75, 3.05) is 13.2 Å². The highest BCUT2D eigenvalue weighted by Gasteiger charge is 2.60. The van der Waals surface area contributed by atoms with Crippen LogP contribution in [0.3, 0.4) is 0 Å². The molecule has 11 nitrogen and oxygen atoms in total. The second-order valence-electron chi connectivity index (χ2n) is 14.7. The van der Waals surface area contributed by atoms with E-state index in [1.165, 1.54) is 25.3 Å². The first-order valence-corrected chi connectivity index (χ1v) is 21.0. The third kappa shape index (κ3) is 7.84. The van der Waals surface area contributed by atoms with Crippen molar-refractivity contribution < 1.29 is 31.6 Å². The Morgan fingerprint density at radius 3 is 1.94 bits per heavy atom. The van der Waals surface area contributed by atoms with Crippen LogP contribution in [0.1, 0.15) is 43.7 Å². The number of aromatic nitrogens is 2. The van der Waals surface area contributed by atoms with Crippen molar-refractivity contribution in [2.45, 2.75) is 75.2 Å². The summed E-state index contributed by atoms with van der Waals surface area (Å²) in [5.74, 6) is 0. The first-order valence-electron chi connectivity index (χ1n) is 17.7. The zero-order valence-electron chi connectivity index (χ0n) is 31.0. The number of H-pyrrole nitrogens is 1. The van der Waals surface area contributed by atoms with Crippen LogP contribution in [0.4, 0.5) is 0 Å². The minimum absolute atomic E-state index is 0.00384. The van der Waals surface area contributed by atoms with E-state index in [1.54, 1.807) is 12.1 Å². The van der Waals surface area contributed by atoms with Crippen molar-refractivity contribution in [3.63, 3.8) is 0 Å². The SMILES string of the molecule is Cc1ccc(S(=O)(=O)OC[C@@]2(CO[Si](c3ccccc3)(c3ccccc3)C(C)(C)C)O[C@H](n3cc(C)c(=O)[nH]c3=O)C(O)C2OCc2ccccc2)cc1. The summed E-state index contributed by atoms with van der Waals surface area (Å²) in [7, 11) is -7.69. The molecule has 0 spiro atoms. The van der Waals surface area contributed by atoms with Crippen molar-refractivity contribution in [2.24, 2.45) is 0 Å². The van der Waals surface area contributed by atoms with E-state index in [9.17, 15) is 23.1 Å². The van der Waals surface area contributed by atoms with Gasteiger partial charge in [0, 0.05) is 11.8 Å². The third-order valence-electron chi connectivity index (χ3n) is 9.89. The van der Waals surface area contributed by atoms with Crippen molar-refractivity contribution in [3.05, 3.63) is 159 Å².